The quantitative estimate of drug-likeness (QED) is 0.0133. The van der Waals surface area contributed by atoms with Crippen molar-refractivity contribution in [2.75, 3.05) is 19.8 Å². The van der Waals surface area contributed by atoms with E-state index in [1.54, 1.807) is 30.3 Å². The molecule has 6 N–H and O–H groups in total. The van der Waals surface area contributed by atoms with Crippen LogP contribution in [0, 0.1) is 28.6 Å². The van der Waals surface area contributed by atoms with Crippen LogP contribution in [0.1, 0.15) is 160 Å². The molecular formula is C47H71ClN7O8P. The molecule has 4 atom stereocenters. The van der Waals surface area contributed by atoms with E-state index in [0.717, 1.165) is 24.9 Å². The molecule has 0 bridgehead atoms. The van der Waals surface area contributed by atoms with Gasteiger partial charge in [0.25, 0.3) is 0 Å². The number of unbranched alkanes of at least 4 members (excludes halogenated alkanes) is 15. The molecule has 0 spiro atoms. The second-order valence-corrected chi connectivity index (χ2v) is 17.4. The summed E-state index contributed by atoms with van der Waals surface area (Å²) in [5, 5.41) is 39.5. The topological polar surface area (TPSA) is 234 Å². The van der Waals surface area contributed by atoms with E-state index < -0.39 is 26.8 Å². The van der Waals surface area contributed by atoms with Gasteiger partial charge in [0.2, 0.25) is 0 Å². The SMILES string of the molecule is C#N.CC(C)(O)O.CCCCCCCCCCCCCCCCCCOCC(COP(Oc1ccccc1Cl)OC1CCC(c2ccc(C(N)=NC=N)[nH]2)O1)Oc1ccc(C#N)nc1. The van der Waals surface area contributed by atoms with Gasteiger partial charge in [0.1, 0.15) is 47.6 Å². The number of aliphatic imine (C=N–C) groups is 1. The molecule has 64 heavy (non-hydrogen) atoms. The van der Waals surface area contributed by atoms with E-state index in [1.807, 2.05) is 24.3 Å². The van der Waals surface area contributed by atoms with Gasteiger partial charge in [0, 0.05) is 25.3 Å². The minimum absolute atomic E-state index is 0.0802. The molecular weight excluding hydrogens is 857 g/mol. The Hall–Kier alpha value is -4.15. The van der Waals surface area contributed by atoms with E-state index in [2.05, 4.69) is 28.5 Å². The summed E-state index contributed by atoms with van der Waals surface area (Å²) in [6, 6.07) is 16.2. The summed E-state index contributed by atoms with van der Waals surface area (Å²) in [6.07, 6.45) is 23.4. The number of halogens is 1. The minimum Gasteiger partial charge on any atom is -0.484 e. The number of amidine groups is 1. The predicted octanol–water partition coefficient (Wildman–Crippen LogP) is 11.3. The molecule has 1 fully saturated rings. The Morgan fingerprint density at radius 3 is 2.14 bits per heavy atom. The number of aromatic amines is 1. The molecule has 2 aromatic heterocycles. The first-order valence-corrected chi connectivity index (χ1v) is 24.0. The van der Waals surface area contributed by atoms with Gasteiger partial charge in [-0.2, -0.15) is 5.26 Å². The monoisotopic (exact) mass is 927 g/mol. The normalized spacial score (nSPS) is 15.8. The van der Waals surface area contributed by atoms with Crippen LogP contribution < -0.4 is 15.0 Å². The Bertz CT molecular complexity index is 1760. The van der Waals surface area contributed by atoms with E-state index in [1.165, 1.54) is 110 Å². The molecule has 0 amide bonds. The summed E-state index contributed by atoms with van der Waals surface area (Å²) < 4.78 is 37.3. The minimum atomic E-state index is -2.00. The lowest BCUT2D eigenvalue weighted by Crippen LogP contribution is -2.29. The lowest BCUT2D eigenvalue weighted by molar-refractivity contribution is -0.127. The lowest BCUT2D eigenvalue weighted by atomic mass is 10.0. The van der Waals surface area contributed by atoms with Gasteiger partial charge in [-0.1, -0.05) is 127 Å². The third kappa shape index (κ3) is 26.0. The number of para-hydroxylation sites is 1. The molecule has 4 rings (SSSR count). The summed E-state index contributed by atoms with van der Waals surface area (Å²) >= 11 is 6.45. The van der Waals surface area contributed by atoms with Crippen molar-refractivity contribution in [2.24, 2.45) is 10.7 Å². The molecule has 1 aromatic carbocycles. The van der Waals surface area contributed by atoms with Crippen LogP contribution in [0.15, 0.2) is 59.7 Å². The summed E-state index contributed by atoms with van der Waals surface area (Å²) in [5.41, 5.74) is 7.67. The average molecular weight is 929 g/mol. The molecule has 4 unspecified atom stereocenters. The maximum atomic E-state index is 9.20. The maximum absolute atomic E-state index is 9.20. The van der Waals surface area contributed by atoms with Gasteiger partial charge in [-0.05, 0) is 63.1 Å². The van der Waals surface area contributed by atoms with Crippen molar-refractivity contribution in [1.82, 2.24) is 9.97 Å². The number of nitriles is 2. The van der Waals surface area contributed by atoms with Crippen molar-refractivity contribution in [2.45, 2.75) is 161 Å². The van der Waals surface area contributed by atoms with Crippen molar-refractivity contribution in [1.29, 1.82) is 15.9 Å². The smallest absolute Gasteiger partial charge is 0.399 e. The lowest BCUT2D eigenvalue weighted by Gasteiger charge is -2.24. The van der Waals surface area contributed by atoms with Crippen LogP contribution in [0.3, 0.4) is 0 Å². The first-order valence-electron chi connectivity index (χ1n) is 22.5. The second-order valence-electron chi connectivity index (χ2n) is 15.9. The van der Waals surface area contributed by atoms with Gasteiger partial charge >= 0.3 is 8.60 Å². The number of aromatic nitrogens is 2. The van der Waals surface area contributed by atoms with Crippen molar-refractivity contribution in [3.63, 3.8) is 0 Å². The number of pyridine rings is 1. The number of rotatable bonds is 31. The highest BCUT2D eigenvalue weighted by atomic mass is 35.5. The largest absolute Gasteiger partial charge is 0.484 e. The first kappa shape index (κ1) is 56.0. The van der Waals surface area contributed by atoms with Gasteiger partial charge < -0.3 is 39.7 Å². The number of hydrogen-bond acceptors (Lipinski definition) is 12. The molecule has 0 aliphatic carbocycles. The van der Waals surface area contributed by atoms with Crippen LogP contribution in [-0.4, -0.2) is 70.4 Å². The van der Waals surface area contributed by atoms with Crippen molar-refractivity contribution in [3.05, 3.63) is 76.8 Å². The standard InChI is InChI=1S/C43H62ClN6O6P.C3H8O2.CHN/c1-2-3-4-5-6-7-8-9-10-11-12-13-14-15-16-19-28-51-31-36(53-35-23-22-34(29-45)48-30-35)32-52-57(55-40-21-18-17-20-37(40)44)56-42-27-26-41(54-42)38-24-25-39(50-38)43(47)49-33-46;1-3(2,4)5;1-2/h17-18,20-25,30,33,36,41-42,50H,2-16,19,26-28,31-32H2,1H3,(H3,46,47,49);4-5H,1-2H3;1H. The number of hydrogen-bond donors (Lipinski definition) is 5. The van der Waals surface area contributed by atoms with Crippen LogP contribution in [0.2, 0.25) is 5.02 Å². The Morgan fingerprint density at radius 2 is 1.58 bits per heavy atom. The Balaban J connectivity index is 0.00000188. The Morgan fingerprint density at radius 1 is 0.969 bits per heavy atom. The van der Waals surface area contributed by atoms with E-state index in [-0.39, 0.29) is 25.2 Å². The van der Waals surface area contributed by atoms with E-state index in [0.29, 0.717) is 47.4 Å². The molecule has 0 saturated carbocycles. The molecule has 0 radical (unpaired) electrons. The van der Waals surface area contributed by atoms with Crippen molar-refractivity contribution < 1.29 is 38.0 Å². The van der Waals surface area contributed by atoms with Gasteiger partial charge in [0.15, 0.2) is 12.1 Å². The Kier molecular flexibility index (Phi) is 29.9. The summed E-state index contributed by atoms with van der Waals surface area (Å²) in [7, 11) is -2.00. The van der Waals surface area contributed by atoms with Gasteiger partial charge in [-0.15, -0.1) is 0 Å². The molecule has 3 aromatic rings. The van der Waals surface area contributed by atoms with Gasteiger partial charge in [0.05, 0.1) is 30.1 Å². The fraction of sp³-hybridized carbons (Fsp3) is 0.596. The number of nitrogens with zero attached hydrogens (tertiary/aromatic N) is 4. The molecule has 3 heterocycles. The van der Waals surface area contributed by atoms with E-state index >= 15 is 0 Å². The van der Waals surface area contributed by atoms with Gasteiger partial charge in [-0.3, -0.25) is 14.5 Å². The average Bonchev–Trinajstić information content (AvgIpc) is 3.97. The maximum Gasteiger partial charge on any atom is 0.399 e. The van der Waals surface area contributed by atoms with E-state index in [9.17, 15) is 5.26 Å². The van der Waals surface area contributed by atoms with Crippen LogP contribution in [0.5, 0.6) is 11.5 Å². The fourth-order valence-corrected chi connectivity index (χ4v) is 7.85. The molecule has 1 aliphatic rings. The summed E-state index contributed by atoms with van der Waals surface area (Å²) in [6.45, 7) is 9.34. The van der Waals surface area contributed by atoms with Crippen LogP contribution in [0.4, 0.5) is 0 Å². The van der Waals surface area contributed by atoms with Crippen LogP contribution in [0.25, 0.3) is 0 Å². The van der Waals surface area contributed by atoms with Crippen LogP contribution >= 0.6 is 20.2 Å². The number of H-pyrrole nitrogens is 1. The van der Waals surface area contributed by atoms with Crippen molar-refractivity contribution in [3.8, 4) is 24.1 Å². The zero-order chi connectivity index (χ0) is 46.8. The fourth-order valence-electron chi connectivity index (χ4n) is 6.51. The second kappa shape index (κ2) is 34.2. The zero-order valence-corrected chi connectivity index (χ0v) is 39.6. The van der Waals surface area contributed by atoms with Crippen molar-refractivity contribution >= 4 is 32.4 Å². The highest BCUT2D eigenvalue weighted by Crippen LogP contribution is 2.47. The van der Waals surface area contributed by atoms with Crippen LogP contribution in [-0.2, 0) is 18.5 Å². The predicted molar refractivity (Wildman–Crippen MR) is 252 cm³/mol. The highest BCUT2D eigenvalue weighted by Gasteiger charge is 2.33. The summed E-state index contributed by atoms with van der Waals surface area (Å²) in [4.78, 5) is 11.2. The molecule has 15 nitrogen and oxygen atoms in total. The zero-order valence-electron chi connectivity index (χ0n) is 38.0. The number of aliphatic hydroxyl groups is 2. The third-order valence-electron chi connectivity index (χ3n) is 9.69. The number of nitrogens with one attached hydrogen (secondary N) is 2. The third-order valence-corrected chi connectivity index (χ3v) is 11.1. The first-order chi connectivity index (χ1) is 31.0. The van der Waals surface area contributed by atoms with Gasteiger partial charge in [-0.25, -0.2) is 15.2 Å². The number of benzene rings is 1. The Labute approximate surface area is 387 Å². The molecule has 17 heteroatoms. The number of nitrogens with two attached hydrogens (primary N) is 1. The number of ether oxygens (including phenoxy) is 3. The van der Waals surface area contributed by atoms with E-state index in [4.69, 9.17) is 66.0 Å². The summed E-state index contributed by atoms with van der Waals surface area (Å²) in [5.74, 6) is -0.373. The molecule has 1 aliphatic heterocycles. The highest BCUT2D eigenvalue weighted by molar-refractivity contribution is 7.42. The molecule has 1 saturated heterocycles. The molecule has 354 valence electrons.